The number of aromatic nitrogens is 5. The smallest absolute Gasteiger partial charge is 0.256 e. The van der Waals surface area contributed by atoms with Crippen LogP contribution >= 0.6 is 0 Å². The lowest BCUT2D eigenvalue weighted by Crippen LogP contribution is -2.22. The summed E-state index contributed by atoms with van der Waals surface area (Å²) in [5.41, 5.74) is 1.11. The Hall–Kier alpha value is -3.68. The van der Waals surface area contributed by atoms with Crippen molar-refractivity contribution in [3.05, 3.63) is 54.4 Å². The lowest BCUT2D eigenvalue weighted by molar-refractivity contribution is 0.880. The molecule has 8 nitrogen and oxygen atoms in total. The first-order valence-electron chi connectivity index (χ1n) is 7.31. The predicted octanol–water partition coefficient (Wildman–Crippen LogP) is 1.99. The molecule has 1 aliphatic rings. The standard InChI is InChI=1S/C16H10N8/c1-2-4-11-7-12(6-5-10(11)3-1)21-13-22-15-19-8-17-14-18-9-20-16(23-13)24(14)15/h1-9H,(H,17,18,19,20,21,22,23). The second-order valence-corrected chi connectivity index (χ2v) is 5.20. The number of rotatable bonds is 1. The van der Waals surface area contributed by atoms with Crippen molar-refractivity contribution in [2.24, 2.45) is 9.98 Å². The molecule has 0 saturated carbocycles. The van der Waals surface area contributed by atoms with Gasteiger partial charge < -0.3 is 5.32 Å². The highest BCUT2D eigenvalue weighted by Gasteiger charge is 2.12. The number of anilines is 1. The highest BCUT2D eigenvalue weighted by atomic mass is 15.3. The van der Waals surface area contributed by atoms with Gasteiger partial charge in [0.05, 0.1) is 12.0 Å². The number of nitrogens with zero attached hydrogens (tertiary/aromatic N) is 7. The maximum Gasteiger partial charge on any atom is 0.256 e. The molecule has 2 aromatic carbocycles. The van der Waals surface area contributed by atoms with E-state index in [1.54, 1.807) is 4.40 Å². The minimum atomic E-state index is 0.327. The molecule has 2 aromatic heterocycles. The van der Waals surface area contributed by atoms with Crippen molar-refractivity contribution in [2.75, 3.05) is 5.32 Å². The molecule has 4 aromatic rings. The lowest BCUT2D eigenvalue weighted by Gasteiger charge is -2.11. The van der Waals surface area contributed by atoms with Crippen LogP contribution in [0.4, 0.5) is 17.6 Å². The molecule has 0 radical (unpaired) electrons. The first-order chi connectivity index (χ1) is 11.9. The number of fused-ring (bicyclic) bond motifs is 1. The molecule has 0 unspecified atom stereocenters. The van der Waals surface area contributed by atoms with Gasteiger partial charge in [-0.1, -0.05) is 30.3 Å². The third-order valence-electron chi connectivity index (χ3n) is 3.70. The first-order valence-corrected chi connectivity index (χ1v) is 7.31. The zero-order valence-electron chi connectivity index (χ0n) is 12.3. The number of hydrogen-bond donors (Lipinski definition) is 1. The molecule has 1 N–H and O–H groups in total. The van der Waals surface area contributed by atoms with E-state index >= 15 is 0 Å². The molecular formula is C16H10N8. The van der Waals surface area contributed by atoms with Gasteiger partial charge in [0.25, 0.3) is 5.62 Å². The minimum absolute atomic E-state index is 0.327. The molecule has 0 bridgehead atoms. The van der Waals surface area contributed by atoms with Crippen LogP contribution in [-0.4, -0.2) is 30.7 Å². The van der Waals surface area contributed by atoms with Crippen LogP contribution in [0.15, 0.2) is 58.8 Å². The second-order valence-electron chi connectivity index (χ2n) is 5.20. The molecule has 0 amide bonds. The molecular weight excluding hydrogens is 304 g/mol. The Balaban J connectivity index is 1.72. The predicted molar refractivity (Wildman–Crippen MR) is 89.5 cm³/mol. The second kappa shape index (κ2) is 4.92. The van der Waals surface area contributed by atoms with Crippen LogP contribution in [0.2, 0.25) is 0 Å². The molecule has 24 heavy (non-hydrogen) atoms. The highest BCUT2D eigenvalue weighted by Crippen LogP contribution is 2.20. The van der Waals surface area contributed by atoms with Gasteiger partial charge in [-0.25, -0.2) is 24.4 Å². The summed E-state index contributed by atoms with van der Waals surface area (Å²) >= 11 is 0. The van der Waals surface area contributed by atoms with Crippen molar-refractivity contribution in [3.63, 3.8) is 0 Å². The summed E-state index contributed by atoms with van der Waals surface area (Å²) in [6, 6.07) is 14.1. The van der Waals surface area contributed by atoms with E-state index in [0.29, 0.717) is 23.3 Å². The van der Waals surface area contributed by atoms with E-state index in [1.807, 2.05) is 36.4 Å². The Labute approximate surface area is 135 Å². The fraction of sp³-hybridized carbons (Fsp3) is 0. The maximum absolute atomic E-state index is 4.52. The van der Waals surface area contributed by atoms with Crippen LogP contribution in [0.3, 0.4) is 0 Å². The Kier molecular flexibility index (Phi) is 2.63. The lowest BCUT2D eigenvalue weighted by atomic mass is 10.1. The van der Waals surface area contributed by atoms with E-state index < -0.39 is 0 Å². The van der Waals surface area contributed by atoms with Crippen molar-refractivity contribution in [1.29, 1.82) is 0 Å². The fourth-order valence-electron chi connectivity index (χ4n) is 2.61. The summed E-state index contributed by atoms with van der Waals surface area (Å²) in [5.74, 6) is 1.45. The van der Waals surface area contributed by atoms with Gasteiger partial charge in [0.15, 0.2) is 0 Å². The minimum Gasteiger partial charge on any atom is -0.316 e. The van der Waals surface area contributed by atoms with Crippen LogP contribution in [0.25, 0.3) is 16.6 Å². The SMILES string of the molecule is C1=Nc2ncnc3nc(=Nc4ccc5ccccc5c4)nc(n23)N1. The van der Waals surface area contributed by atoms with Crippen molar-refractivity contribution in [1.82, 2.24) is 24.3 Å². The summed E-state index contributed by atoms with van der Waals surface area (Å²) in [4.78, 5) is 25.7. The highest BCUT2D eigenvalue weighted by molar-refractivity contribution is 5.85. The van der Waals surface area contributed by atoms with E-state index in [1.165, 1.54) is 12.7 Å². The number of benzene rings is 2. The summed E-state index contributed by atoms with van der Waals surface area (Å²) in [5, 5.41) is 5.24. The summed E-state index contributed by atoms with van der Waals surface area (Å²) in [6.45, 7) is 0. The molecule has 0 spiro atoms. The Morgan fingerprint density at radius 3 is 2.83 bits per heavy atom. The van der Waals surface area contributed by atoms with Crippen LogP contribution in [0.1, 0.15) is 0 Å². The van der Waals surface area contributed by atoms with Crippen molar-refractivity contribution >= 4 is 40.5 Å². The van der Waals surface area contributed by atoms with E-state index in [2.05, 4.69) is 41.3 Å². The average molecular weight is 314 g/mol. The van der Waals surface area contributed by atoms with Gasteiger partial charge >= 0.3 is 0 Å². The number of nitrogens with one attached hydrogen (secondary N) is 1. The average Bonchev–Trinajstić information content (AvgIpc) is 2.62. The zero-order valence-corrected chi connectivity index (χ0v) is 12.3. The summed E-state index contributed by atoms with van der Waals surface area (Å²) in [7, 11) is 0. The molecule has 0 aliphatic carbocycles. The van der Waals surface area contributed by atoms with Gasteiger partial charge in [0.1, 0.15) is 6.33 Å². The molecule has 1 aliphatic heterocycles. The maximum atomic E-state index is 4.52. The van der Waals surface area contributed by atoms with Gasteiger partial charge in [-0.05, 0) is 22.9 Å². The van der Waals surface area contributed by atoms with Gasteiger partial charge in [0, 0.05) is 0 Å². The van der Waals surface area contributed by atoms with Crippen molar-refractivity contribution in [2.45, 2.75) is 0 Å². The van der Waals surface area contributed by atoms with Crippen LogP contribution in [0.5, 0.6) is 0 Å². The Morgan fingerprint density at radius 1 is 0.958 bits per heavy atom. The summed E-state index contributed by atoms with van der Waals surface area (Å²) in [6.07, 6.45) is 2.95. The summed E-state index contributed by atoms with van der Waals surface area (Å²) < 4.78 is 1.64. The molecule has 3 heterocycles. The number of hydrogen-bond acceptors (Lipinski definition) is 7. The van der Waals surface area contributed by atoms with Gasteiger partial charge in [-0.3, -0.25) is 0 Å². The molecule has 0 saturated heterocycles. The van der Waals surface area contributed by atoms with Crippen molar-refractivity contribution < 1.29 is 0 Å². The van der Waals surface area contributed by atoms with Crippen LogP contribution < -0.4 is 10.9 Å². The van der Waals surface area contributed by atoms with E-state index in [-0.39, 0.29) is 0 Å². The van der Waals surface area contributed by atoms with Crippen LogP contribution in [-0.2, 0) is 0 Å². The van der Waals surface area contributed by atoms with Gasteiger partial charge in [0.2, 0.25) is 17.7 Å². The van der Waals surface area contributed by atoms with Crippen molar-refractivity contribution in [3.8, 4) is 0 Å². The third-order valence-corrected chi connectivity index (χ3v) is 3.70. The largest absolute Gasteiger partial charge is 0.316 e. The van der Waals surface area contributed by atoms with Crippen LogP contribution in [0, 0.1) is 0 Å². The number of aliphatic imine (C=N–C) groups is 1. The van der Waals surface area contributed by atoms with E-state index in [0.717, 1.165) is 16.5 Å². The first kappa shape index (κ1) is 12.8. The Bertz CT molecular complexity index is 1190. The fourth-order valence-corrected chi connectivity index (χ4v) is 2.61. The zero-order chi connectivity index (χ0) is 15.9. The molecule has 5 rings (SSSR count). The van der Waals surface area contributed by atoms with E-state index in [9.17, 15) is 0 Å². The van der Waals surface area contributed by atoms with Gasteiger partial charge in [-0.2, -0.15) is 9.97 Å². The monoisotopic (exact) mass is 314 g/mol. The molecule has 0 atom stereocenters. The normalized spacial score (nSPS) is 13.4. The topological polar surface area (TPSA) is 92.7 Å². The van der Waals surface area contributed by atoms with E-state index in [4.69, 9.17) is 0 Å². The quantitative estimate of drug-likeness (QED) is 0.580. The molecule has 0 fully saturated rings. The van der Waals surface area contributed by atoms with Gasteiger partial charge in [-0.15, -0.1) is 0 Å². The third kappa shape index (κ3) is 2.01. The molecule has 8 heteroatoms. The molecule has 114 valence electrons. The Morgan fingerprint density at radius 2 is 1.88 bits per heavy atom.